The molecule has 2 aliphatic heterocycles. The maximum atomic E-state index is 6.86. The van der Waals surface area contributed by atoms with E-state index < -0.39 is 0 Å². The number of benzene rings is 1. The molecular formula is C33H51N5O2S. The fraction of sp³-hybridized carbons (Fsp3) is 0.727. The molecule has 3 N–H and O–H groups in total. The largest absolute Gasteiger partial charge is 0.362 e. The molecule has 226 valence electrons. The molecule has 2 saturated heterocycles. The third kappa shape index (κ3) is 7.76. The maximum Gasteiger partial charge on any atom is 0.150 e. The minimum Gasteiger partial charge on any atom is -0.362 e. The van der Waals surface area contributed by atoms with E-state index in [-0.39, 0.29) is 24.0 Å². The van der Waals surface area contributed by atoms with Gasteiger partial charge in [0.05, 0.1) is 18.8 Å². The SMILES string of the molecule is Cc1cccc(C)c1C1CC2NC(NSC3CCCC(C3)CN(Cc3cc(C4CC4)no3)[C@H](CC(C)(C)C)CO2)N1. The van der Waals surface area contributed by atoms with Crippen LogP contribution in [0.3, 0.4) is 0 Å². The number of aryl methyl sites for hydroxylation is 2. The first-order valence-electron chi connectivity index (χ1n) is 16.0. The molecule has 6 atom stereocenters. The average molecular weight is 582 g/mol. The van der Waals surface area contributed by atoms with Crippen LogP contribution in [0.1, 0.15) is 112 Å². The smallest absolute Gasteiger partial charge is 0.150 e. The highest BCUT2D eigenvalue weighted by atomic mass is 32.2. The summed E-state index contributed by atoms with van der Waals surface area (Å²) in [6.07, 6.45) is 9.56. The van der Waals surface area contributed by atoms with Gasteiger partial charge < -0.3 is 9.26 Å². The van der Waals surface area contributed by atoms with Crippen LogP contribution in [-0.4, -0.2) is 47.0 Å². The third-order valence-electron chi connectivity index (χ3n) is 9.43. The van der Waals surface area contributed by atoms with E-state index in [0.717, 1.165) is 37.4 Å². The monoisotopic (exact) mass is 581 g/mol. The van der Waals surface area contributed by atoms with Gasteiger partial charge in [0.15, 0.2) is 5.76 Å². The van der Waals surface area contributed by atoms with Crippen LogP contribution in [0.25, 0.3) is 0 Å². The van der Waals surface area contributed by atoms with Crippen LogP contribution in [0.15, 0.2) is 28.8 Å². The lowest BCUT2D eigenvalue weighted by molar-refractivity contribution is -0.0524. The van der Waals surface area contributed by atoms with E-state index in [1.54, 1.807) is 0 Å². The summed E-state index contributed by atoms with van der Waals surface area (Å²) in [6.45, 7) is 14.2. The van der Waals surface area contributed by atoms with Crippen LogP contribution >= 0.6 is 11.9 Å². The van der Waals surface area contributed by atoms with E-state index in [1.807, 2.05) is 11.9 Å². The van der Waals surface area contributed by atoms with E-state index in [9.17, 15) is 0 Å². The molecule has 3 heterocycles. The molecule has 41 heavy (non-hydrogen) atoms. The zero-order valence-electron chi connectivity index (χ0n) is 25.7. The number of nitrogens with one attached hydrogen (secondary N) is 3. The summed E-state index contributed by atoms with van der Waals surface area (Å²) in [6, 6.07) is 9.40. The molecule has 4 bridgehead atoms. The lowest BCUT2D eigenvalue weighted by atomic mass is 9.85. The van der Waals surface area contributed by atoms with Crippen molar-refractivity contribution in [3.8, 4) is 0 Å². The molecule has 4 aliphatic rings. The van der Waals surface area contributed by atoms with Gasteiger partial charge in [0, 0.05) is 42.3 Å². The predicted octanol–water partition coefficient (Wildman–Crippen LogP) is 6.54. The summed E-state index contributed by atoms with van der Waals surface area (Å²) in [5.74, 6) is 2.30. The van der Waals surface area contributed by atoms with Crippen molar-refractivity contribution in [2.45, 2.75) is 128 Å². The van der Waals surface area contributed by atoms with Gasteiger partial charge in [-0.25, -0.2) is 4.72 Å². The van der Waals surface area contributed by atoms with E-state index in [4.69, 9.17) is 9.26 Å². The van der Waals surface area contributed by atoms with Crippen LogP contribution in [0.5, 0.6) is 0 Å². The van der Waals surface area contributed by atoms with Crippen molar-refractivity contribution >= 4 is 11.9 Å². The van der Waals surface area contributed by atoms with Crippen LogP contribution in [0.2, 0.25) is 0 Å². The van der Waals surface area contributed by atoms with Gasteiger partial charge >= 0.3 is 0 Å². The van der Waals surface area contributed by atoms with Gasteiger partial charge in [0.2, 0.25) is 0 Å². The van der Waals surface area contributed by atoms with E-state index in [2.05, 4.69) is 84.3 Å². The molecule has 0 amide bonds. The Balaban J connectivity index is 1.27. The first-order valence-corrected chi connectivity index (χ1v) is 16.9. The number of fused-ring (bicyclic) bond motifs is 4. The number of nitrogens with zero attached hydrogens (tertiary/aromatic N) is 2. The van der Waals surface area contributed by atoms with Crippen molar-refractivity contribution in [3.63, 3.8) is 0 Å². The third-order valence-corrected chi connectivity index (χ3v) is 10.6. The van der Waals surface area contributed by atoms with E-state index in [1.165, 1.54) is 55.2 Å². The Hall–Kier alpha value is -1.42. The molecule has 2 aliphatic carbocycles. The molecule has 0 spiro atoms. The Morgan fingerprint density at radius 2 is 1.85 bits per heavy atom. The fourth-order valence-electron chi connectivity index (χ4n) is 7.30. The lowest BCUT2D eigenvalue weighted by Crippen LogP contribution is -2.61. The van der Waals surface area contributed by atoms with Gasteiger partial charge in [-0.2, -0.15) is 0 Å². The van der Waals surface area contributed by atoms with E-state index in [0.29, 0.717) is 29.7 Å². The fourth-order valence-corrected chi connectivity index (χ4v) is 8.42. The molecule has 2 saturated carbocycles. The van der Waals surface area contributed by atoms with Gasteiger partial charge in [-0.05, 0) is 80.4 Å². The van der Waals surface area contributed by atoms with Crippen molar-refractivity contribution in [2.75, 3.05) is 13.2 Å². The lowest BCUT2D eigenvalue weighted by Gasteiger charge is -2.40. The second kappa shape index (κ2) is 12.7. The van der Waals surface area contributed by atoms with E-state index >= 15 is 0 Å². The second-order valence-corrected chi connectivity index (χ2v) is 15.6. The van der Waals surface area contributed by atoms with Gasteiger partial charge in [0.25, 0.3) is 0 Å². The summed E-state index contributed by atoms with van der Waals surface area (Å²) < 4.78 is 16.6. The highest BCUT2D eigenvalue weighted by Gasteiger charge is 2.36. The summed E-state index contributed by atoms with van der Waals surface area (Å²) in [7, 11) is 0. The Morgan fingerprint density at radius 1 is 1.05 bits per heavy atom. The van der Waals surface area contributed by atoms with Crippen molar-refractivity contribution in [1.29, 1.82) is 0 Å². The average Bonchev–Trinajstić information content (AvgIpc) is 3.67. The summed E-state index contributed by atoms with van der Waals surface area (Å²) in [5.41, 5.74) is 5.44. The van der Waals surface area contributed by atoms with Gasteiger partial charge in [-0.1, -0.05) is 62.5 Å². The molecule has 1 aromatic heterocycles. The molecule has 4 fully saturated rings. The topological polar surface area (TPSA) is 74.6 Å². The number of hydrogen-bond acceptors (Lipinski definition) is 8. The normalized spacial score (nSPS) is 32.1. The minimum atomic E-state index is -0.0328. The van der Waals surface area contributed by atoms with Gasteiger partial charge in [-0.3, -0.25) is 15.5 Å². The zero-order chi connectivity index (χ0) is 28.6. The zero-order valence-corrected chi connectivity index (χ0v) is 26.6. The van der Waals surface area contributed by atoms with Gasteiger partial charge in [0.1, 0.15) is 12.5 Å². The standard InChI is InChI=1S/C33H51N5O2S/c1-21-8-6-9-22(2)31(21)29-16-30-35-32(34-29)37-41-27-11-7-10-23(14-27)18-38(25(20-39-30)17-33(3,4)5)19-26-15-28(36-40-26)24-12-13-24/h6,8-9,15,23-25,27,29-30,32,34-35,37H,7,10-14,16-20H2,1-5H3/t23?,25-,27?,29?,30?,32?/m1/s1. The van der Waals surface area contributed by atoms with Crippen LogP contribution in [0.4, 0.5) is 0 Å². The van der Waals surface area contributed by atoms with Crippen molar-refractivity contribution < 1.29 is 9.26 Å². The van der Waals surface area contributed by atoms with Crippen molar-refractivity contribution in [3.05, 3.63) is 52.4 Å². The maximum absolute atomic E-state index is 6.86. The predicted molar refractivity (Wildman–Crippen MR) is 166 cm³/mol. The number of hydrogen-bond donors (Lipinski definition) is 3. The highest BCUT2D eigenvalue weighted by molar-refractivity contribution is 7.98. The first kappa shape index (κ1) is 29.6. The summed E-state index contributed by atoms with van der Waals surface area (Å²) in [4.78, 5) is 2.69. The van der Waals surface area contributed by atoms with Crippen molar-refractivity contribution in [2.24, 2.45) is 11.3 Å². The molecule has 5 unspecified atom stereocenters. The Morgan fingerprint density at radius 3 is 2.61 bits per heavy atom. The number of aromatic nitrogens is 1. The quantitative estimate of drug-likeness (QED) is 0.344. The molecule has 7 nitrogen and oxygen atoms in total. The van der Waals surface area contributed by atoms with Crippen molar-refractivity contribution in [1.82, 2.24) is 25.4 Å². The number of rotatable bonds is 5. The van der Waals surface area contributed by atoms with Crippen LogP contribution in [0, 0.1) is 25.2 Å². The minimum absolute atomic E-state index is 0.00362. The molecule has 8 heteroatoms. The number of ether oxygens (including phenoxy) is 1. The highest BCUT2D eigenvalue weighted by Crippen LogP contribution is 2.40. The Labute approximate surface area is 251 Å². The molecule has 0 radical (unpaired) electrons. The molecule has 6 rings (SSSR count). The molecule has 2 aromatic rings. The second-order valence-electron chi connectivity index (χ2n) is 14.4. The Bertz CT molecular complexity index is 1140. The van der Waals surface area contributed by atoms with Gasteiger partial charge in [-0.15, -0.1) is 0 Å². The molecular weight excluding hydrogens is 530 g/mol. The molecule has 1 aromatic carbocycles. The Kier molecular flexibility index (Phi) is 9.16. The summed E-state index contributed by atoms with van der Waals surface area (Å²) >= 11 is 1.92. The van der Waals surface area contributed by atoms with Crippen LogP contribution in [-0.2, 0) is 11.3 Å². The van der Waals surface area contributed by atoms with Crippen LogP contribution < -0.4 is 15.4 Å². The first-order chi connectivity index (χ1) is 19.7. The summed E-state index contributed by atoms with van der Waals surface area (Å²) in [5, 5.41) is 12.7.